The van der Waals surface area contributed by atoms with Crippen LogP contribution in [0.4, 0.5) is 10.7 Å². The number of thiophene rings is 1. The summed E-state index contributed by atoms with van der Waals surface area (Å²) in [7, 11) is 0. The van der Waals surface area contributed by atoms with Crippen molar-refractivity contribution in [3.8, 4) is 0 Å². The summed E-state index contributed by atoms with van der Waals surface area (Å²) < 4.78 is 5.14. The molecule has 0 aliphatic carbocycles. The van der Waals surface area contributed by atoms with Crippen molar-refractivity contribution in [2.45, 2.75) is 27.7 Å². The molecule has 122 valence electrons. The van der Waals surface area contributed by atoms with Gasteiger partial charge in [0.25, 0.3) is 0 Å². The molecule has 0 bridgehead atoms. The number of ether oxygens (including phenoxy) is 1. The van der Waals surface area contributed by atoms with E-state index in [1.165, 1.54) is 11.3 Å². The van der Waals surface area contributed by atoms with Crippen molar-refractivity contribution in [3.05, 3.63) is 45.8 Å². The van der Waals surface area contributed by atoms with Crippen molar-refractivity contribution in [1.29, 1.82) is 0 Å². The first-order valence-electron chi connectivity index (χ1n) is 7.34. The molecule has 0 saturated heterocycles. The number of hydrogen-bond acceptors (Lipinski definition) is 4. The van der Waals surface area contributed by atoms with Gasteiger partial charge in [0, 0.05) is 10.6 Å². The Bertz CT molecular complexity index is 738. The average molecular weight is 348 g/mol. The van der Waals surface area contributed by atoms with Crippen molar-refractivity contribution in [1.82, 2.24) is 0 Å². The minimum absolute atomic E-state index is 0.324. The van der Waals surface area contributed by atoms with Crippen molar-refractivity contribution < 1.29 is 9.53 Å². The highest BCUT2D eigenvalue weighted by Crippen LogP contribution is 2.33. The van der Waals surface area contributed by atoms with Gasteiger partial charge in [0.05, 0.1) is 12.2 Å². The molecule has 1 heterocycles. The van der Waals surface area contributed by atoms with Gasteiger partial charge in [-0.05, 0) is 63.2 Å². The minimum atomic E-state index is -0.324. The Balaban J connectivity index is 2.17. The van der Waals surface area contributed by atoms with Crippen LogP contribution >= 0.6 is 23.6 Å². The summed E-state index contributed by atoms with van der Waals surface area (Å²) in [4.78, 5) is 13.2. The highest BCUT2D eigenvalue weighted by Gasteiger charge is 2.21. The minimum Gasteiger partial charge on any atom is -0.462 e. The second-order valence-electron chi connectivity index (χ2n) is 5.16. The number of rotatable bonds is 4. The normalized spacial score (nSPS) is 10.3. The number of esters is 1. The molecule has 0 unspecified atom stereocenters. The van der Waals surface area contributed by atoms with Crippen molar-refractivity contribution in [2.24, 2.45) is 0 Å². The zero-order chi connectivity index (χ0) is 17.0. The summed E-state index contributed by atoms with van der Waals surface area (Å²) in [5, 5.41) is 7.41. The Kier molecular flexibility index (Phi) is 5.74. The summed E-state index contributed by atoms with van der Waals surface area (Å²) in [5.41, 5.74) is 3.54. The van der Waals surface area contributed by atoms with Gasteiger partial charge < -0.3 is 15.4 Å². The molecular formula is C17H20N2O2S2. The Labute approximate surface area is 145 Å². The van der Waals surface area contributed by atoms with Crippen LogP contribution in [0.5, 0.6) is 0 Å². The number of benzene rings is 1. The quantitative estimate of drug-likeness (QED) is 0.622. The second kappa shape index (κ2) is 7.57. The maximum absolute atomic E-state index is 12.2. The zero-order valence-corrected chi connectivity index (χ0v) is 15.3. The molecule has 2 rings (SSSR count). The van der Waals surface area contributed by atoms with Crippen LogP contribution in [0, 0.1) is 20.8 Å². The number of aryl methyl sites for hydroxylation is 2. The van der Waals surface area contributed by atoms with Crippen LogP contribution in [0.1, 0.15) is 33.3 Å². The van der Waals surface area contributed by atoms with E-state index in [4.69, 9.17) is 17.0 Å². The summed E-state index contributed by atoms with van der Waals surface area (Å²) in [6, 6.07) is 7.93. The van der Waals surface area contributed by atoms with E-state index in [1.807, 2.05) is 45.0 Å². The van der Waals surface area contributed by atoms with E-state index in [0.29, 0.717) is 22.3 Å². The van der Waals surface area contributed by atoms with Crippen molar-refractivity contribution in [3.63, 3.8) is 0 Å². The molecular weight excluding hydrogens is 328 g/mol. The molecule has 6 heteroatoms. The van der Waals surface area contributed by atoms with Crippen LogP contribution in [0.3, 0.4) is 0 Å². The topological polar surface area (TPSA) is 50.4 Å². The molecule has 2 N–H and O–H groups in total. The van der Waals surface area contributed by atoms with Gasteiger partial charge >= 0.3 is 5.97 Å². The lowest BCUT2D eigenvalue weighted by molar-refractivity contribution is 0.0527. The Morgan fingerprint density at radius 2 is 2.00 bits per heavy atom. The number of nitrogens with one attached hydrogen (secondary N) is 2. The molecule has 0 fully saturated rings. The van der Waals surface area contributed by atoms with Crippen molar-refractivity contribution >= 4 is 45.3 Å². The molecule has 0 aliphatic heterocycles. The van der Waals surface area contributed by atoms with Crippen LogP contribution in [0.2, 0.25) is 0 Å². The first kappa shape index (κ1) is 17.4. The molecule has 0 atom stereocenters. The van der Waals surface area contributed by atoms with E-state index in [2.05, 4.69) is 10.6 Å². The Morgan fingerprint density at radius 3 is 2.65 bits per heavy atom. The SMILES string of the molecule is CCOC(=O)c1c(NC(=S)Nc2cccc(C)c2)sc(C)c1C. The molecule has 2 aromatic rings. The predicted octanol–water partition coefficient (Wildman–Crippen LogP) is 4.66. The molecule has 0 aliphatic rings. The average Bonchev–Trinajstić information content (AvgIpc) is 2.73. The second-order valence-corrected chi connectivity index (χ2v) is 6.79. The molecule has 1 aromatic heterocycles. The van der Waals surface area contributed by atoms with E-state index >= 15 is 0 Å². The third-order valence-corrected chi connectivity index (χ3v) is 4.69. The predicted molar refractivity (Wildman–Crippen MR) is 101 cm³/mol. The van der Waals surface area contributed by atoms with E-state index in [1.54, 1.807) is 6.92 Å². The van der Waals surface area contributed by atoms with Crippen LogP contribution in [-0.4, -0.2) is 17.7 Å². The van der Waals surface area contributed by atoms with Gasteiger partial charge in [-0.1, -0.05) is 12.1 Å². The third kappa shape index (κ3) is 4.30. The van der Waals surface area contributed by atoms with E-state index in [9.17, 15) is 4.79 Å². The number of thiocarbonyl (C=S) groups is 1. The molecule has 4 nitrogen and oxygen atoms in total. The van der Waals surface area contributed by atoms with Gasteiger partial charge in [-0.2, -0.15) is 0 Å². The first-order chi connectivity index (χ1) is 10.9. The molecule has 0 saturated carbocycles. The summed E-state index contributed by atoms with van der Waals surface area (Å²) in [5.74, 6) is -0.324. The number of carbonyl (C=O) groups excluding carboxylic acids is 1. The van der Waals surface area contributed by atoms with Gasteiger partial charge in [0.1, 0.15) is 5.00 Å². The number of anilines is 2. The van der Waals surface area contributed by atoms with Crippen LogP contribution in [0.25, 0.3) is 0 Å². The fourth-order valence-electron chi connectivity index (χ4n) is 2.15. The fourth-order valence-corrected chi connectivity index (χ4v) is 3.49. The van der Waals surface area contributed by atoms with Gasteiger partial charge in [0.15, 0.2) is 5.11 Å². The maximum atomic E-state index is 12.2. The highest BCUT2D eigenvalue weighted by molar-refractivity contribution is 7.80. The van der Waals surface area contributed by atoms with Crippen LogP contribution < -0.4 is 10.6 Å². The lowest BCUT2D eigenvalue weighted by atomic mass is 10.1. The molecule has 0 amide bonds. The lowest BCUT2D eigenvalue weighted by Gasteiger charge is -2.11. The van der Waals surface area contributed by atoms with Crippen LogP contribution in [0.15, 0.2) is 24.3 Å². The van der Waals surface area contributed by atoms with Gasteiger partial charge in [-0.3, -0.25) is 0 Å². The standard InChI is InChI=1S/C17H20N2O2S2/c1-5-21-16(20)14-11(3)12(4)23-15(14)19-17(22)18-13-8-6-7-10(2)9-13/h6-9H,5H2,1-4H3,(H2,18,19,22). The monoisotopic (exact) mass is 348 g/mol. The summed E-state index contributed by atoms with van der Waals surface area (Å²) >= 11 is 6.85. The number of carbonyl (C=O) groups is 1. The summed E-state index contributed by atoms with van der Waals surface area (Å²) in [6.45, 7) is 8.06. The Morgan fingerprint density at radius 1 is 1.26 bits per heavy atom. The summed E-state index contributed by atoms with van der Waals surface area (Å²) in [6.07, 6.45) is 0. The lowest BCUT2D eigenvalue weighted by Crippen LogP contribution is -2.20. The Hall–Kier alpha value is -1.92. The molecule has 23 heavy (non-hydrogen) atoms. The largest absolute Gasteiger partial charge is 0.462 e. The zero-order valence-electron chi connectivity index (χ0n) is 13.6. The van der Waals surface area contributed by atoms with E-state index in [0.717, 1.165) is 21.7 Å². The van der Waals surface area contributed by atoms with E-state index < -0.39 is 0 Å². The highest BCUT2D eigenvalue weighted by atomic mass is 32.1. The first-order valence-corrected chi connectivity index (χ1v) is 8.56. The maximum Gasteiger partial charge on any atom is 0.341 e. The smallest absolute Gasteiger partial charge is 0.341 e. The number of hydrogen-bond donors (Lipinski definition) is 2. The van der Waals surface area contributed by atoms with Gasteiger partial charge in [-0.25, -0.2) is 4.79 Å². The molecule has 1 aromatic carbocycles. The third-order valence-electron chi connectivity index (χ3n) is 3.37. The van der Waals surface area contributed by atoms with E-state index in [-0.39, 0.29) is 5.97 Å². The molecule has 0 spiro atoms. The van der Waals surface area contributed by atoms with Gasteiger partial charge in [-0.15, -0.1) is 11.3 Å². The fraction of sp³-hybridized carbons (Fsp3) is 0.294. The van der Waals surface area contributed by atoms with Crippen molar-refractivity contribution in [2.75, 3.05) is 17.2 Å². The molecule has 0 radical (unpaired) electrons. The van der Waals surface area contributed by atoms with Gasteiger partial charge in [0.2, 0.25) is 0 Å². The van der Waals surface area contributed by atoms with Crippen LogP contribution in [-0.2, 0) is 4.74 Å².